The van der Waals surface area contributed by atoms with Gasteiger partial charge >= 0.3 is 0 Å². The SMILES string of the molecule is CC(C)OCCN1CCOCC1.CCOC=O. The molecule has 0 radical (unpaired) electrons. The molecule has 0 aromatic rings. The number of nitrogens with zero attached hydrogens (tertiary/aromatic N) is 1. The summed E-state index contributed by atoms with van der Waals surface area (Å²) < 4.78 is 14.9. The molecule has 0 aromatic heterocycles. The van der Waals surface area contributed by atoms with Crippen LogP contribution < -0.4 is 0 Å². The van der Waals surface area contributed by atoms with Crippen LogP contribution >= 0.6 is 0 Å². The molecule has 5 nitrogen and oxygen atoms in total. The highest BCUT2D eigenvalue weighted by atomic mass is 16.5. The highest BCUT2D eigenvalue weighted by molar-refractivity contribution is 5.36. The predicted molar refractivity (Wildman–Crippen MR) is 66.0 cm³/mol. The smallest absolute Gasteiger partial charge is 0.293 e. The van der Waals surface area contributed by atoms with Gasteiger partial charge in [-0.05, 0) is 20.8 Å². The summed E-state index contributed by atoms with van der Waals surface area (Å²) in [4.78, 5) is 11.6. The Bertz CT molecular complexity index is 170. The van der Waals surface area contributed by atoms with Crippen molar-refractivity contribution in [1.82, 2.24) is 4.90 Å². The lowest BCUT2D eigenvalue weighted by Gasteiger charge is -2.26. The van der Waals surface area contributed by atoms with Gasteiger partial charge < -0.3 is 14.2 Å². The number of hydrogen-bond acceptors (Lipinski definition) is 5. The fourth-order valence-corrected chi connectivity index (χ4v) is 1.31. The van der Waals surface area contributed by atoms with E-state index in [2.05, 4.69) is 23.5 Å². The van der Waals surface area contributed by atoms with Crippen molar-refractivity contribution >= 4 is 6.47 Å². The fraction of sp³-hybridized carbons (Fsp3) is 0.917. The van der Waals surface area contributed by atoms with E-state index in [9.17, 15) is 4.79 Å². The standard InChI is InChI=1S/C9H19NO2.C3H6O2/c1-9(2)12-8-5-10-3-6-11-7-4-10;1-2-5-3-4/h9H,3-8H2,1-2H3;3H,2H2,1H3. The molecular weight excluding hydrogens is 222 g/mol. The molecule has 17 heavy (non-hydrogen) atoms. The Morgan fingerprint density at radius 2 is 2.00 bits per heavy atom. The van der Waals surface area contributed by atoms with E-state index in [-0.39, 0.29) is 0 Å². The Morgan fingerprint density at radius 3 is 2.41 bits per heavy atom. The first-order chi connectivity index (χ1) is 8.20. The number of carbonyl (C=O) groups excluding carboxylic acids is 1. The van der Waals surface area contributed by atoms with Crippen molar-refractivity contribution in [2.45, 2.75) is 26.9 Å². The summed E-state index contributed by atoms with van der Waals surface area (Å²) in [6.45, 7) is 12.6. The summed E-state index contributed by atoms with van der Waals surface area (Å²) in [6.07, 6.45) is 0.353. The van der Waals surface area contributed by atoms with Crippen LogP contribution in [0.5, 0.6) is 0 Å². The molecule has 1 fully saturated rings. The van der Waals surface area contributed by atoms with Crippen LogP contribution in [-0.2, 0) is 19.0 Å². The molecule has 0 spiro atoms. The van der Waals surface area contributed by atoms with E-state index < -0.39 is 0 Å². The van der Waals surface area contributed by atoms with Gasteiger partial charge in [0.05, 0.1) is 32.5 Å². The first-order valence-electron chi connectivity index (χ1n) is 6.17. The summed E-state index contributed by atoms with van der Waals surface area (Å²) in [6, 6.07) is 0. The second kappa shape index (κ2) is 11.8. The van der Waals surface area contributed by atoms with Crippen molar-refractivity contribution in [2.75, 3.05) is 46.1 Å². The maximum absolute atomic E-state index is 9.18. The Hall–Kier alpha value is -0.650. The molecule has 0 saturated carbocycles. The van der Waals surface area contributed by atoms with Crippen molar-refractivity contribution in [3.63, 3.8) is 0 Å². The van der Waals surface area contributed by atoms with Crippen molar-refractivity contribution < 1.29 is 19.0 Å². The number of rotatable bonds is 6. The molecule has 1 saturated heterocycles. The normalized spacial score (nSPS) is 16.2. The van der Waals surface area contributed by atoms with E-state index in [0.717, 1.165) is 39.5 Å². The quantitative estimate of drug-likeness (QED) is 0.653. The van der Waals surface area contributed by atoms with Gasteiger partial charge in [0.1, 0.15) is 0 Å². The third-order valence-corrected chi connectivity index (χ3v) is 2.20. The van der Waals surface area contributed by atoms with Crippen LogP contribution in [0.4, 0.5) is 0 Å². The Labute approximate surface area is 104 Å². The molecule has 1 aliphatic heterocycles. The summed E-state index contributed by atoms with van der Waals surface area (Å²) in [5.74, 6) is 0. The third-order valence-electron chi connectivity index (χ3n) is 2.20. The largest absolute Gasteiger partial charge is 0.468 e. The summed E-state index contributed by atoms with van der Waals surface area (Å²) >= 11 is 0. The predicted octanol–water partition coefficient (Wildman–Crippen LogP) is 0.923. The molecule has 1 aliphatic rings. The lowest BCUT2D eigenvalue weighted by atomic mass is 10.4. The summed E-state index contributed by atoms with van der Waals surface area (Å²) in [5, 5.41) is 0. The second-order valence-electron chi connectivity index (χ2n) is 3.93. The van der Waals surface area contributed by atoms with E-state index in [0.29, 0.717) is 19.2 Å². The van der Waals surface area contributed by atoms with Gasteiger partial charge in [0.15, 0.2) is 0 Å². The first kappa shape index (κ1) is 16.4. The van der Waals surface area contributed by atoms with Gasteiger partial charge in [-0.1, -0.05) is 0 Å². The molecule has 0 unspecified atom stereocenters. The van der Waals surface area contributed by atoms with Crippen LogP contribution in [0.2, 0.25) is 0 Å². The van der Waals surface area contributed by atoms with E-state index in [1.165, 1.54) is 0 Å². The zero-order chi connectivity index (χ0) is 12.9. The van der Waals surface area contributed by atoms with Crippen molar-refractivity contribution in [1.29, 1.82) is 0 Å². The average molecular weight is 247 g/mol. The molecule has 102 valence electrons. The van der Waals surface area contributed by atoms with Gasteiger partial charge in [-0.2, -0.15) is 0 Å². The molecule has 0 aromatic carbocycles. The molecule has 0 N–H and O–H groups in total. The minimum atomic E-state index is 0.353. The van der Waals surface area contributed by atoms with Gasteiger partial charge in [0, 0.05) is 19.6 Å². The molecule has 0 aliphatic carbocycles. The van der Waals surface area contributed by atoms with Gasteiger partial charge in [-0.3, -0.25) is 9.69 Å². The Morgan fingerprint density at radius 1 is 1.35 bits per heavy atom. The summed E-state index contributed by atoms with van der Waals surface area (Å²) in [5.41, 5.74) is 0. The van der Waals surface area contributed by atoms with Gasteiger partial charge in [0.2, 0.25) is 0 Å². The minimum Gasteiger partial charge on any atom is -0.468 e. The topological polar surface area (TPSA) is 48.0 Å². The number of ether oxygens (including phenoxy) is 3. The molecule has 0 atom stereocenters. The monoisotopic (exact) mass is 247 g/mol. The maximum Gasteiger partial charge on any atom is 0.293 e. The Balaban J connectivity index is 0.000000437. The van der Waals surface area contributed by atoms with Crippen LogP contribution in [0.25, 0.3) is 0 Å². The summed E-state index contributed by atoms with van der Waals surface area (Å²) in [7, 11) is 0. The van der Waals surface area contributed by atoms with Gasteiger partial charge in [-0.25, -0.2) is 0 Å². The van der Waals surface area contributed by atoms with Crippen molar-refractivity contribution in [3.05, 3.63) is 0 Å². The molecule has 0 bridgehead atoms. The molecule has 1 heterocycles. The number of carbonyl (C=O) groups is 1. The molecule has 5 heteroatoms. The lowest BCUT2D eigenvalue weighted by Crippen LogP contribution is -2.38. The average Bonchev–Trinajstić information content (AvgIpc) is 2.32. The maximum atomic E-state index is 9.18. The van der Waals surface area contributed by atoms with E-state index in [1.807, 2.05) is 0 Å². The lowest BCUT2D eigenvalue weighted by molar-refractivity contribution is -0.128. The van der Waals surface area contributed by atoms with Crippen LogP contribution in [0, 0.1) is 0 Å². The minimum absolute atomic E-state index is 0.353. The zero-order valence-electron chi connectivity index (χ0n) is 11.2. The fourth-order valence-electron chi connectivity index (χ4n) is 1.31. The number of hydrogen-bond donors (Lipinski definition) is 0. The van der Waals surface area contributed by atoms with E-state index >= 15 is 0 Å². The van der Waals surface area contributed by atoms with Crippen molar-refractivity contribution in [2.24, 2.45) is 0 Å². The third kappa shape index (κ3) is 11.6. The van der Waals surface area contributed by atoms with Gasteiger partial charge in [0.25, 0.3) is 6.47 Å². The van der Waals surface area contributed by atoms with E-state index in [1.54, 1.807) is 6.92 Å². The molecule has 0 amide bonds. The second-order valence-corrected chi connectivity index (χ2v) is 3.93. The van der Waals surface area contributed by atoms with Crippen LogP contribution in [-0.4, -0.2) is 63.5 Å². The highest BCUT2D eigenvalue weighted by Gasteiger charge is 2.09. The zero-order valence-corrected chi connectivity index (χ0v) is 11.2. The molecule has 1 rings (SSSR count). The number of morpholine rings is 1. The van der Waals surface area contributed by atoms with E-state index in [4.69, 9.17) is 9.47 Å². The van der Waals surface area contributed by atoms with Crippen LogP contribution in [0.3, 0.4) is 0 Å². The first-order valence-corrected chi connectivity index (χ1v) is 6.17. The van der Waals surface area contributed by atoms with Gasteiger partial charge in [-0.15, -0.1) is 0 Å². The Kier molecular flexibility index (Phi) is 11.4. The van der Waals surface area contributed by atoms with Crippen LogP contribution in [0.1, 0.15) is 20.8 Å². The van der Waals surface area contributed by atoms with Crippen LogP contribution in [0.15, 0.2) is 0 Å². The molecular formula is C12H25NO4. The highest BCUT2D eigenvalue weighted by Crippen LogP contribution is 1.96. The van der Waals surface area contributed by atoms with Crippen molar-refractivity contribution in [3.8, 4) is 0 Å².